The van der Waals surface area contributed by atoms with Crippen LogP contribution in [0, 0.1) is 6.92 Å². The smallest absolute Gasteiger partial charge is 0.268 e. The summed E-state index contributed by atoms with van der Waals surface area (Å²) in [6, 6.07) is 32.9. The first-order valence-electron chi connectivity index (χ1n) is 12.1. The highest BCUT2D eigenvalue weighted by atomic mass is 16.5. The molecular formula is C31H28N2O3. The van der Waals surface area contributed by atoms with Crippen molar-refractivity contribution in [2.45, 2.75) is 32.4 Å². The molecule has 0 saturated heterocycles. The maximum atomic E-state index is 13.6. The van der Waals surface area contributed by atoms with Crippen molar-refractivity contribution >= 4 is 23.2 Å². The fourth-order valence-electron chi connectivity index (χ4n) is 4.61. The van der Waals surface area contributed by atoms with Crippen molar-refractivity contribution in [3.05, 3.63) is 125 Å². The molecule has 5 rings (SSSR count). The lowest BCUT2D eigenvalue weighted by Crippen LogP contribution is -2.44. The molecule has 0 bridgehead atoms. The van der Waals surface area contributed by atoms with Crippen LogP contribution < -0.4 is 15.0 Å². The number of benzene rings is 4. The van der Waals surface area contributed by atoms with E-state index in [-0.39, 0.29) is 11.8 Å². The first kappa shape index (κ1) is 23.4. The maximum absolute atomic E-state index is 13.6. The van der Waals surface area contributed by atoms with E-state index in [4.69, 9.17) is 4.74 Å². The molecule has 4 aromatic carbocycles. The standard InChI is InChI=1S/C31H28N2O3/c1-21-11-9-10-16-25(21)20-33-27-19-26(17-18-28(27)36-22(2)31(33)35)32-30(34)29(23-12-5-3-6-13-23)24-14-7-4-8-15-24/h3-19,22,29H,20H2,1-2H3,(H,32,34). The lowest BCUT2D eigenvalue weighted by Gasteiger charge is -2.33. The van der Waals surface area contributed by atoms with E-state index in [9.17, 15) is 9.59 Å². The Morgan fingerprint density at radius 1 is 0.889 bits per heavy atom. The lowest BCUT2D eigenvalue weighted by molar-refractivity contribution is -0.125. The fourth-order valence-corrected chi connectivity index (χ4v) is 4.61. The van der Waals surface area contributed by atoms with Gasteiger partial charge in [-0.1, -0.05) is 84.9 Å². The van der Waals surface area contributed by atoms with Gasteiger partial charge in [-0.25, -0.2) is 0 Å². The van der Waals surface area contributed by atoms with Crippen LogP contribution in [0.1, 0.15) is 35.1 Å². The van der Waals surface area contributed by atoms with E-state index in [0.717, 1.165) is 22.3 Å². The summed E-state index contributed by atoms with van der Waals surface area (Å²) in [5.41, 5.74) is 5.25. The molecule has 5 heteroatoms. The van der Waals surface area contributed by atoms with E-state index in [1.807, 2.05) is 110 Å². The Balaban J connectivity index is 1.47. The van der Waals surface area contributed by atoms with Crippen LogP contribution in [0.4, 0.5) is 11.4 Å². The number of carbonyl (C=O) groups is 2. The minimum Gasteiger partial charge on any atom is -0.479 e. The van der Waals surface area contributed by atoms with Gasteiger partial charge in [-0.15, -0.1) is 0 Å². The summed E-state index contributed by atoms with van der Waals surface area (Å²) in [4.78, 5) is 28.5. The van der Waals surface area contributed by atoms with Gasteiger partial charge in [-0.05, 0) is 54.3 Å². The number of amides is 2. The monoisotopic (exact) mass is 476 g/mol. The third kappa shape index (κ3) is 4.73. The predicted octanol–water partition coefficient (Wildman–Crippen LogP) is 6.08. The number of anilines is 2. The molecule has 1 unspecified atom stereocenters. The van der Waals surface area contributed by atoms with E-state index in [0.29, 0.717) is 23.7 Å². The zero-order valence-corrected chi connectivity index (χ0v) is 20.3. The Bertz CT molecular complexity index is 1350. The summed E-state index contributed by atoms with van der Waals surface area (Å²) in [5, 5.41) is 3.08. The molecule has 1 aliphatic rings. The third-order valence-corrected chi connectivity index (χ3v) is 6.55. The molecule has 0 spiro atoms. The topological polar surface area (TPSA) is 58.6 Å². The van der Waals surface area contributed by atoms with Crippen LogP contribution in [0.5, 0.6) is 5.75 Å². The van der Waals surface area contributed by atoms with Crippen LogP contribution in [0.25, 0.3) is 0 Å². The van der Waals surface area contributed by atoms with E-state index < -0.39 is 12.0 Å². The van der Waals surface area contributed by atoms with E-state index in [1.165, 1.54) is 0 Å². The van der Waals surface area contributed by atoms with Crippen molar-refractivity contribution < 1.29 is 14.3 Å². The SMILES string of the molecule is Cc1ccccc1CN1C(=O)C(C)Oc2ccc(NC(=O)C(c3ccccc3)c3ccccc3)cc21. The number of fused-ring (bicyclic) bond motifs is 1. The summed E-state index contributed by atoms with van der Waals surface area (Å²) >= 11 is 0. The highest BCUT2D eigenvalue weighted by Crippen LogP contribution is 2.38. The zero-order valence-electron chi connectivity index (χ0n) is 20.3. The van der Waals surface area contributed by atoms with E-state index in [2.05, 4.69) is 5.32 Å². The summed E-state index contributed by atoms with van der Waals surface area (Å²) in [6.45, 7) is 4.23. The van der Waals surface area contributed by atoms with Gasteiger partial charge in [0.1, 0.15) is 5.75 Å². The first-order chi connectivity index (χ1) is 17.5. The third-order valence-electron chi connectivity index (χ3n) is 6.55. The maximum Gasteiger partial charge on any atom is 0.268 e. The number of hydrogen-bond donors (Lipinski definition) is 1. The highest BCUT2D eigenvalue weighted by Gasteiger charge is 2.32. The molecule has 1 heterocycles. The second-order valence-corrected chi connectivity index (χ2v) is 9.04. The van der Waals surface area contributed by atoms with Crippen molar-refractivity contribution in [3.63, 3.8) is 0 Å². The number of carbonyl (C=O) groups excluding carboxylic acids is 2. The number of rotatable bonds is 6. The molecule has 36 heavy (non-hydrogen) atoms. The van der Waals surface area contributed by atoms with Gasteiger partial charge < -0.3 is 15.0 Å². The molecule has 2 amide bonds. The van der Waals surface area contributed by atoms with Crippen molar-refractivity contribution in [2.75, 3.05) is 10.2 Å². The number of nitrogens with zero attached hydrogens (tertiary/aromatic N) is 1. The molecule has 0 fully saturated rings. The van der Waals surface area contributed by atoms with Gasteiger partial charge in [-0.3, -0.25) is 9.59 Å². The number of hydrogen-bond acceptors (Lipinski definition) is 3. The summed E-state index contributed by atoms with van der Waals surface area (Å²) in [7, 11) is 0. The van der Waals surface area contributed by atoms with Gasteiger partial charge in [0, 0.05) is 5.69 Å². The zero-order chi connectivity index (χ0) is 25.1. The molecule has 0 radical (unpaired) electrons. The normalized spacial score (nSPS) is 14.8. The molecule has 4 aromatic rings. The van der Waals surface area contributed by atoms with Gasteiger partial charge in [0.15, 0.2) is 6.10 Å². The Kier molecular flexibility index (Phi) is 6.54. The van der Waals surface area contributed by atoms with Gasteiger partial charge >= 0.3 is 0 Å². The molecule has 1 aliphatic heterocycles. The van der Waals surface area contributed by atoms with Gasteiger partial charge in [0.2, 0.25) is 5.91 Å². The molecule has 1 N–H and O–H groups in total. The van der Waals surface area contributed by atoms with Crippen LogP contribution in [0.3, 0.4) is 0 Å². The lowest BCUT2D eigenvalue weighted by atomic mass is 9.90. The van der Waals surface area contributed by atoms with Gasteiger partial charge in [-0.2, -0.15) is 0 Å². The summed E-state index contributed by atoms with van der Waals surface area (Å²) < 4.78 is 5.88. The van der Waals surface area contributed by atoms with Crippen LogP contribution in [0.2, 0.25) is 0 Å². The Labute approximate surface area is 211 Å². The Hall–Kier alpha value is -4.38. The van der Waals surface area contributed by atoms with Crippen molar-refractivity contribution in [2.24, 2.45) is 0 Å². The fraction of sp³-hybridized carbons (Fsp3) is 0.161. The highest BCUT2D eigenvalue weighted by molar-refractivity contribution is 6.02. The second kappa shape index (κ2) is 10.1. The Morgan fingerprint density at radius 2 is 1.50 bits per heavy atom. The van der Waals surface area contributed by atoms with Crippen LogP contribution >= 0.6 is 0 Å². The molecule has 0 aromatic heterocycles. The molecule has 0 saturated carbocycles. The molecular weight excluding hydrogens is 448 g/mol. The average molecular weight is 477 g/mol. The minimum atomic E-state index is -0.581. The summed E-state index contributed by atoms with van der Waals surface area (Å²) in [6.07, 6.45) is -0.581. The van der Waals surface area contributed by atoms with Crippen LogP contribution in [-0.4, -0.2) is 17.9 Å². The van der Waals surface area contributed by atoms with Crippen LogP contribution in [0.15, 0.2) is 103 Å². The van der Waals surface area contributed by atoms with E-state index in [1.54, 1.807) is 11.8 Å². The second-order valence-electron chi connectivity index (χ2n) is 9.04. The average Bonchev–Trinajstić information content (AvgIpc) is 2.89. The molecule has 1 atom stereocenters. The number of ether oxygens (including phenoxy) is 1. The van der Waals surface area contributed by atoms with Crippen molar-refractivity contribution in [1.82, 2.24) is 0 Å². The largest absolute Gasteiger partial charge is 0.479 e. The minimum absolute atomic E-state index is 0.110. The van der Waals surface area contributed by atoms with E-state index >= 15 is 0 Å². The van der Waals surface area contributed by atoms with Gasteiger partial charge in [0.25, 0.3) is 5.91 Å². The quantitative estimate of drug-likeness (QED) is 0.367. The molecule has 0 aliphatic carbocycles. The van der Waals surface area contributed by atoms with Crippen molar-refractivity contribution in [3.8, 4) is 5.75 Å². The van der Waals surface area contributed by atoms with Gasteiger partial charge in [0.05, 0.1) is 18.2 Å². The van der Waals surface area contributed by atoms with Crippen molar-refractivity contribution in [1.29, 1.82) is 0 Å². The predicted molar refractivity (Wildman–Crippen MR) is 142 cm³/mol. The number of nitrogens with one attached hydrogen (secondary N) is 1. The first-order valence-corrected chi connectivity index (χ1v) is 12.1. The van der Waals surface area contributed by atoms with Crippen LogP contribution in [-0.2, 0) is 16.1 Å². The number of aryl methyl sites for hydroxylation is 1. The molecule has 180 valence electrons. The molecule has 5 nitrogen and oxygen atoms in total. The summed E-state index contributed by atoms with van der Waals surface area (Å²) in [5.74, 6) is -0.101. The Morgan fingerprint density at radius 3 is 2.14 bits per heavy atom.